The van der Waals surface area contributed by atoms with E-state index in [9.17, 15) is 0 Å². The summed E-state index contributed by atoms with van der Waals surface area (Å²) in [6, 6.07) is 0.497. The van der Waals surface area contributed by atoms with E-state index in [1.165, 1.54) is 41.1 Å². The number of nitrogens with zero attached hydrogens (tertiary/aromatic N) is 2. The molecule has 5 rings (SSSR count). The van der Waals surface area contributed by atoms with E-state index in [0.717, 1.165) is 23.2 Å². The van der Waals surface area contributed by atoms with Gasteiger partial charge in [0.25, 0.3) is 0 Å². The highest BCUT2D eigenvalue weighted by molar-refractivity contribution is 14.1. The Labute approximate surface area is 147 Å². The lowest BCUT2D eigenvalue weighted by molar-refractivity contribution is -0.160. The van der Waals surface area contributed by atoms with Crippen LogP contribution in [0.25, 0.3) is 10.2 Å². The second-order valence-electron chi connectivity index (χ2n) is 6.76. The lowest BCUT2D eigenvalue weighted by Crippen LogP contribution is -2.61. The summed E-state index contributed by atoms with van der Waals surface area (Å²) in [6.45, 7) is 0.966. The predicted molar refractivity (Wildman–Crippen MR) is 96.3 cm³/mol. The van der Waals surface area contributed by atoms with Crippen molar-refractivity contribution in [2.24, 2.45) is 11.8 Å². The zero-order chi connectivity index (χ0) is 14.7. The van der Waals surface area contributed by atoms with Gasteiger partial charge < -0.3 is 10.1 Å². The van der Waals surface area contributed by atoms with E-state index in [1.807, 2.05) is 0 Å². The van der Waals surface area contributed by atoms with Crippen LogP contribution in [0.5, 0.6) is 0 Å². The van der Waals surface area contributed by atoms with Crippen LogP contribution < -0.4 is 5.32 Å². The predicted octanol–water partition coefficient (Wildman–Crippen LogP) is 4.06. The summed E-state index contributed by atoms with van der Waals surface area (Å²) in [6.07, 6.45) is 8.03. The van der Waals surface area contributed by atoms with Crippen molar-refractivity contribution in [2.75, 3.05) is 11.9 Å². The molecule has 22 heavy (non-hydrogen) atoms. The highest BCUT2D eigenvalue weighted by atomic mass is 127. The molecule has 2 aliphatic carbocycles. The Kier molecular flexibility index (Phi) is 3.17. The number of fused-ring (bicyclic) bond motifs is 1. The summed E-state index contributed by atoms with van der Waals surface area (Å²) in [5.41, 5.74) is 0.198. The molecule has 1 saturated heterocycles. The Morgan fingerprint density at radius 2 is 2.32 bits per heavy atom. The molecule has 4 atom stereocenters. The Bertz CT molecular complexity index is 735. The van der Waals surface area contributed by atoms with Crippen LogP contribution in [0.4, 0.5) is 5.82 Å². The van der Waals surface area contributed by atoms with Gasteiger partial charge in [0, 0.05) is 27.5 Å². The topological polar surface area (TPSA) is 47.0 Å². The van der Waals surface area contributed by atoms with Crippen molar-refractivity contribution in [1.29, 1.82) is 0 Å². The number of nitrogens with one attached hydrogen (secondary N) is 1. The molecule has 2 aromatic rings. The summed E-state index contributed by atoms with van der Waals surface area (Å²) in [5.74, 6) is 2.49. The van der Waals surface area contributed by atoms with Gasteiger partial charge in [-0.05, 0) is 60.6 Å². The van der Waals surface area contributed by atoms with Crippen LogP contribution in [0.15, 0.2) is 11.7 Å². The molecule has 0 bridgehead atoms. The maximum absolute atomic E-state index is 6.24. The molecule has 1 aliphatic heterocycles. The summed E-state index contributed by atoms with van der Waals surface area (Å²) in [4.78, 5) is 10.0. The normalized spacial score (nSPS) is 36.7. The molecule has 116 valence electrons. The number of hydrogen-bond acceptors (Lipinski definition) is 5. The van der Waals surface area contributed by atoms with Crippen LogP contribution in [-0.4, -0.2) is 28.2 Å². The van der Waals surface area contributed by atoms with E-state index in [-0.39, 0.29) is 5.60 Å². The number of ether oxygens (including phenoxy) is 1. The second kappa shape index (κ2) is 5.01. The third-order valence-corrected chi connectivity index (χ3v) is 8.07. The Morgan fingerprint density at radius 3 is 3.23 bits per heavy atom. The highest BCUT2D eigenvalue weighted by Gasteiger charge is 2.62. The van der Waals surface area contributed by atoms with Crippen molar-refractivity contribution < 1.29 is 4.74 Å². The van der Waals surface area contributed by atoms with E-state index < -0.39 is 0 Å². The number of aromatic nitrogens is 2. The summed E-state index contributed by atoms with van der Waals surface area (Å²) in [5, 5.41) is 7.11. The molecule has 3 aliphatic rings. The van der Waals surface area contributed by atoms with Crippen molar-refractivity contribution in [3.8, 4) is 0 Å². The van der Waals surface area contributed by atoms with Gasteiger partial charge in [0.2, 0.25) is 0 Å². The minimum Gasteiger partial charge on any atom is -0.374 e. The maximum Gasteiger partial charge on any atom is 0.139 e. The molecule has 4 nitrogen and oxygen atoms in total. The van der Waals surface area contributed by atoms with E-state index in [2.05, 4.69) is 43.3 Å². The average Bonchev–Trinajstić information content (AvgIpc) is 3.01. The molecule has 4 unspecified atom stereocenters. The lowest BCUT2D eigenvalue weighted by Gasteiger charge is -2.57. The van der Waals surface area contributed by atoms with Gasteiger partial charge >= 0.3 is 0 Å². The minimum absolute atomic E-state index is 0.198. The molecule has 1 spiro atoms. The first kappa shape index (κ1) is 13.9. The third-order valence-electron chi connectivity index (χ3n) is 5.91. The van der Waals surface area contributed by atoms with Crippen LogP contribution in [0, 0.1) is 15.4 Å². The van der Waals surface area contributed by atoms with Gasteiger partial charge in [-0.3, -0.25) is 0 Å². The number of thiophene rings is 1. The fraction of sp³-hybridized carbons (Fsp3) is 0.625. The Morgan fingerprint density at radius 1 is 1.36 bits per heavy atom. The van der Waals surface area contributed by atoms with E-state index in [4.69, 9.17) is 4.74 Å². The van der Waals surface area contributed by atoms with Gasteiger partial charge in [-0.15, -0.1) is 11.3 Å². The van der Waals surface area contributed by atoms with Gasteiger partial charge in [-0.2, -0.15) is 0 Å². The zero-order valence-electron chi connectivity index (χ0n) is 12.2. The molecule has 3 fully saturated rings. The summed E-state index contributed by atoms with van der Waals surface area (Å²) in [7, 11) is 0. The number of halogens is 1. The van der Waals surface area contributed by atoms with E-state index in [0.29, 0.717) is 12.0 Å². The number of anilines is 1. The van der Waals surface area contributed by atoms with Crippen molar-refractivity contribution in [3.05, 3.63) is 15.3 Å². The lowest BCUT2D eigenvalue weighted by atomic mass is 9.53. The van der Waals surface area contributed by atoms with Crippen LogP contribution in [-0.2, 0) is 4.74 Å². The summed E-state index contributed by atoms with van der Waals surface area (Å²) >= 11 is 4.08. The Hall–Kier alpha value is -0.470. The van der Waals surface area contributed by atoms with E-state index >= 15 is 0 Å². The molecule has 2 saturated carbocycles. The van der Waals surface area contributed by atoms with Crippen LogP contribution >= 0.6 is 33.9 Å². The van der Waals surface area contributed by atoms with Gasteiger partial charge in [0.05, 0.1) is 11.0 Å². The second-order valence-corrected chi connectivity index (χ2v) is 8.78. The van der Waals surface area contributed by atoms with Crippen molar-refractivity contribution in [1.82, 2.24) is 9.97 Å². The fourth-order valence-electron chi connectivity index (χ4n) is 4.89. The number of rotatable bonds is 2. The van der Waals surface area contributed by atoms with Crippen LogP contribution in [0.2, 0.25) is 0 Å². The van der Waals surface area contributed by atoms with Gasteiger partial charge in [0.15, 0.2) is 0 Å². The highest BCUT2D eigenvalue weighted by Crippen LogP contribution is 2.59. The first-order valence-electron chi connectivity index (χ1n) is 8.06. The van der Waals surface area contributed by atoms with Crippen molar-refractivity contribution >= 4 is 50.0 Å². The molecule has 3 heterocycles. The van der Waals surface area contributed by atoms with Crippen molar-refractivity contribution in [2.45, 2.75) is 43.7 Å². The molecular weight excluding hydrogens is 409 g/mol. The first-order chi connectivity index (χ1) is 10.8. The van der Waals surface area contributed by atoms with Gasteiger partial charge in [0.1, 0.15) is 17.0 Å². The standard InChI is InChI=1S/C16H18IN3OS/c17-11-7-22-15-13(11)14(18-8-19-15)20-12-2-1-4-16-9(3-5-21-16)6-10(12)16/h7-10,12H,1-6H2,(H,18,19,20). The summed E-state index contributed by atoms with van der Waals surface area (Å²) < 4.78 is 7.48. The monoisotopic (exact) mass is 427 g/mol. The molecule has 0 radical (unpaired) electrons. The molecule has 0 aromatic carbocycles. The van der Waals surface area contributed by atoms with Gasteiger partial charge in [-0.1, -0.05) is 0 Å². The SMILES string of the molecule is Ic1csc2ncnc(NC3CCCC45OCCC4CC35)c12. The molecule has 6 heteroatoms. The zero-order valence-corrected chi connectivity index (χ0v) is 15.2. The molecule has 0 amide bonds. The van der Waals surface area contributed by atoms with Crippen LogP contribution in [0.1, 0.15) is 32.1 Å². The fourth-order valence-corrected chi connectivity index (χ4v) is 6.73. The third kappa shape index (κ3) is 1.83. The molecule has 1 N–H and O–H groups in total. The number of hydrogen-bond donors (Lipinski definition) is 1. The largest absolute Gasteiger partial charge is 0.374 e. The van der Waals surface area contributed by atoms with Crippen molar-refractivity contribution in [3.63, 3.8) is 0 Å². The molecule has 2 aromatic heterocycles. The molecular formula is C16H18IN3OS. The van der Waals surface area contributed by atoms with Crippen LogP contribution in [0.3, 0.4) is 0 Å². The Balaban J connectivity index is 1.47. The van der Waals surface area contributed by atoms with Gasteiger partial charge in [-0.25, -0.2) is 9.97 Å². The smallest absolute Gasteiger partial charge is 0.139 e. The average molecular weight is 427 g/mol. The maximum atomic E-state index is 6.24. The minimum atomic E-state index is 0.198. The quantitative estimate of drug-likeness (QED) is 0.735. The first-order valence-corrected chi connectivity index (χ1v) is 10.0. The van der Waals surface area contributed by atoms with E-state index in [1.54, 1.807) is 17.7 Å².